The molecule has 0 radical (unpaired) electrons. The van der Waals surface area contributed by atoms with Gasteiger partial charge in [0, 0.05) is 25.4 Å². The summed E-state index contributed by atoms with van der Waals surface area (Å²) >= 11 is 0. The molecule has 0 aliphatic heterocycles. The molecule has 1 rings (SSSR count). The van der Waals surface area contributed by atoms with Crippen LogP contribution in [0.2, 0.25) is 0 Å². The van der Waals surface area contributed by atoms with Crippen LogP contribution in [0.15, 0.2) is 18.3 Å². The van der Waals surface area contributed by atoms with Gasteiger partial charge in [0.25, 0.3) is 0 Å². The number of aromatic nitrogens is 1. The van der Waals surface area contributed by atoms with Crippen molar-refractivity contribution < 1.29 is 5.11 Å². The Hall–Kier alpha value is -1.09. The molecule has 90 valence electrons. The Morgan fingerprint density at radius 3 is 2.81 bits per heavy atom. The number of hydrogen-bond acceptors (Lipinski definition) is 3. The average Bonchev–Trinajstić information content (AvgIpc) is 2.29. The fourth-order valence-electron chi connectivity index (χ4n) is 1.76. The van der Waals surface area contributed by atoms with Gasteiger partial charge in [-0.15, -0.1) is 0 Å². The molecule has 3 nitrogen and oxygen atoms in total. The van der Waals surface area contributed by atoms with Gasteiger partial charge >= 0.3 is 0 Å². The number of unbranched alkanes of at least 4 members (excludes halogenated alkanes) is 2. The van der Waals surface area contributed by atoms with Crippen LogP contribution in [0.1, 0.15) is 44.8 Å². The summed E-state index contributed by atoms with van der Waals surface area (Å²) in [5.41, 5.74) is 0.904. The van der Waals surface area contributed by atoms with Gasteiger partial charge < -0.3 is 10.0 Å². The highest BCUT2D eigenvalue weighted by Gasteiger charge is 2.11. The van der Waals surface area contributed by atoms with Crippen molar-refractivity contribution in [2.45, 2.75) is 39.2 Å². The van der Waals surface area contributed by atoms with E-state index in [1.165, 1.54) is 19.3 Å². The van der Waals surface area contributed by atoms with Crippen molar-refractivity contribution in [3.63, 3.8) is 0 Å². The molecule has 0 aliphatic rings. The van der Waals surface area contributed by atoms with Crippen LogP contribution in [0.4, 0.5) is 5.82 Å². The lowest BCUT2D eigenvalue weighted by atomic mass is 10.1. The minimum Gasteiger partial charge on any atom is -0.389 e. The molecule has 1 atom stereocenters. The van der Waals surface area contributed by atoms with Gasteiger partial charge in [0.05, 0.1) is 6.10 Å². The fourth-order valence-corrected chi connectivity index (χ4v) is 1.76. The molecule has 0 aromatic carbocycles. The van der Waals surface area contributed by atoms with E-state index in [-0.39, 0.29) is 0 Å². The minimum atomic E-state index is -0.461. The average molecular weight is 222 g/mol. The highest BCUT2D eigenvalue weighted by atomic mass is 16.3. The van der Waals surface area contributed by atoms with Gasteiger partial charge in [-0.1, -0.05) is 25.8 Å². The van der Waals surface area contributed by atoms with Crippen LogP contribution in [0, 0.1) is 0 Å². The Balaban J connectivity index is 2.70. The normalized spacial score (nSPS) is 12.5. The second-order valence-corrected chi connectivity index (χ2v) is 4.22. The lowest BCUT2D eigenvalue weighted by Crippen LogP contribution is -2.21. The predicted octanol–water partition coefficient (Wildman–Crippen LogP) is 2.76. The van der Waals surface area contributed by atoms with Gasteiger partial charge in [0.15, 0.2) is 0 Å². The second-order valence-electron chi connectivity index (χ2n) is 4.22. The molecule has 0 saturated carbocycles. The van der Waals surface area contributed by atoms with Crippen molar-refractivity contribution in [1.82, 2.24) is 4.98 Å². The van der Waals surface area contributed by atoms with E-state index in [1.807, 2.05) is 19.2 Å². The molecule has 1 aromatic heterocycles. The van der Waals surface area contributed by atoms with Crippen molar-refractivity contribution in [1.29, 1.82) is 0 Å². The second kappa shape index (κ2) is 6.48. The van der Waals surface area contributed by atoms with E-state index in [4.69, 9.17) is 0 Å². The summed E-state index contributed by atoms with van der Waals surface area (Å²) in [6.45, 7) is 4.97. The highest BCUT2D eigenvalue weighted by Crippen LogP contribution is 2.22. The standard InChI is InChI=1S/C13H22N2O/c1-4-5-6-10-15(3)13-12(11(2)16)8-7-9-14-13/h7-9,11,16H,4-6,10H2,1-3H3. The summed E-state index contributed by atoms with van der Waals surface area (Å²) < 4.78 is 0. The predicted molar refractivity (Wildman–Crippen MR) is 67.7 cm³/mol. The first-order valence-electron chi connectivity index (χ1n) is 6.01. The van der Waals surface area contributed by atoms with Crippen LogP contribution in [-0.2, 0) is 0 Å². The molecule has 0 bridgehead atoms. The molecular formula is C13H22N2O. The zero-order valence-electron chi connectivity index (χ0n) is 10.5. The van der Waals surface area contributed by atoms with Crippen molar-refractivity contribution in [2.75, 3.05) is 18.5 Å². The number of hydrogen-bond donors (Lipinski definition) is 1. The first-order chi connectivity index (χ1) is 7.66. The van der Waals surface area contributed by atoms with E-state index in [9.17, 15) is 5.11 Å². The first-order valence-corrected chi connectivity index (χ1v) is 6.01. The van der Waals surface area contributed by atoms with E-state index in [1.54, 1.807) is 13.1 Å². The number of pyridine rings is 1. The van der Waals surface area contributed by atoms with Crippen LogP contribution in [0.5, 0.6) is 0 Å². The Bertz CT molecular complexity index is 313. The minimum absolute atomic E-state index is 0.461. The van der Waals surface area contributed by atoms with Gasteiger partial charge in [-0.2, -0.15) is 0 Å². The molecule has 1 aromatic rings. The molecule has 0 amide bonds. The van der Waals surface area contributed by atoms with E-state index in [2.05, 4.69) is 16.8 Å². The Morgan fingerprint density at radius 1 is 1.44 bits per heavy atom. The smallest absolute Gasteiger partial charge is 0.134 e. The summed E-state index contributed by atoms with van der Waals surface area (Å²) in [6, 6.07) is 3.80. The molecule has 1 heterocycles. The molecule has 0 fully saturated rings. The Morgan fingerprint density at radius 2 is 2.19 bits per heavy atom. The number of aliphatic hydroxyl groups is 1. The van der Waals surface area contributed by atoms with Crippen LogP contribution < -0.4 is 4.90 Å². The summed E-state index contributed by atoms with van der Waals surface area (Å²) in [7, 11) is 2.03. The lowest BCUT2D eigenvalue weighted by molar-refractivity contribution is 0.199. The maximum absolute atomic E-state index is 9.66. The van der Waals surface area contributed by atoms with Crippen molar-refractivity contribution in [2.24, 2.45) is 0 Å². The maximum Gasteiger partial charge on any atom is 0.134 e. The van der Waals surface area contributed by atoms with Gasteiger partial charge in [-0.3, -0.25) is 0 Å². The van der Waals surface area contributed by atoms with Crippen LogP contribution >= 0.6 is 0 Å². The van der Waals surface area contributed by atoms with Crippen LogP contribution in [-0.4, -0.2) is 23.7 Å². The van der Waals surface area contributed by atoms with E-state index in [0.29, 0.717) is 0 Å². The van der Waals surface area contributed by atoms with Crippen molar-refractivity contribution >= 4 is 5.82 Å². The third-order valence-electron chi connectivity index (χ3n) is 2.73. The third-order valence-corrected chi connectivity index (χ3v) is 2.73. The molecule has 16 heavy (non-hydrogen) atoms. The zero-order valence-corrected chi connectivity index (χ0v) is 10.5. The first kappa shape index (κ1) is 13.0. The molecule has 0 aliphatic carbocycles. The lowest BCUT2D eigenvalue weighted by Gasteiger charge is -2.22. The van der Waals surface area contributed by atoms with Gasteiger partial charge in [0.1, 0.15) is 5.82 Å². The summed E-state index contributed by atoms with van der Waals surface area (Å²) in [5, 5.41) is 9.66. The molecule has 1 unspecified atom stereocenters. The third kappa shape index (κ3) is 3.49. The summed E-state index contributed by atoms with van der Waals surface area (Å²) in [5.74, 6) is 0.897. The fraction of sp³-hybridized carbons (Fsp3) is 0.615. The molecule has 0 saturated heterocycles. The highest BCUT2D eigenvalue weighted by molar-refractivity contribution is 5.46. The van der Waals surface area contributed by atoms with E-state index < -0.39 is 6.10 Å². The molecule has 1 N–H and O–H groups in total. The summed E-state index contributed by atoms with van der Waals surface area (Å²) in [4.78, 5) is 6.47. The van der Waals surface area contributed by atoms with E-state index in [0.717, 1.165) is 17.9 Å². The van der Waals surface area contributed by atoms with E-state index >= 15 is 0 Å². The SMILES string of the molecule is CCCCCN(C)c1ncccc1C(C)O. The number of anilines is 1. The monoisotopic (exact) mass is 222 g/mol. The molecule has 3 heteroatoms. The quantitative estimate of drug-likeness (QED) is 0.752. The Kier molecular flexibility index (Phi) is 5.26. The van der Waals surface area contributed by atoms with Gasteiger partial charge in [-0.25, -0.2) is 4.98 Å². The number of rotatable bonds is 6. The van der Waals surface area contributed by atoms with Crippen molar-refractivity contribution in [3.8, 4) is 0 Å². The van der Waals surface area contributed by atoms with Crippen LogP contribution in [0.3, 0.4) is 0 Å². The topological polar surface area (TPSA) is 36.4 Å². The molecule has 0 spiro atoms. The number of aliphatic hydroxyl groups excluding tert-OH is 1. The molecular weight excluding hydrogens is 200 g/mol. The Labute approximate surface area is 98.1 Å². The number of nitrogens with zero attached hydrogens (tertiary/aromatic N) is 2. The zero-order chi connectivity index (χ0) is 12.0. The van der Waals surface area contributed by atoms with Crippen molar-refractivity contribution in [3.05, 3.63) is 23.9 Å². The van der Waals surface area contributed by atoms with Crippen LogP contribution in [0.25, 0.3) is 0 Å². The maximum atomic E-state index is 9.66. The van der Waals surface area contributed by atoms with Gasteiger partial charge in [0.2, 0.25) is 0 Å². The largest absolute Gasteiger partial charge is 0.389 e. The summed E-state index contributed by atoms with van der Waals surface area (Å²) in [6.07, 6.45) is 4.94. The van der Waals surface area contributed by atoms with Gasteiger partial charge in [-0.05, 0) is 19.4 Å².